The Labute approximate surface area is 363 Å². The van der Waals surface area contributed by atoms with Gasteiger partial charge in [0.15, 0.2) is 0 Å². The molecule has 4 heteroatoms. The maximum Gasteiger partial charge on any atom is 0.0495 e. The van der Waals surface area contributed by atoms with Gasteiger partial charge >= 0.3 is 0 Å². The molecular weight excluding hydrogens is 741 g/mol. The van der Waals surface area contributed by atoms with Crippen LogP contribution in [-0.4, -0.2) is 0 Å². The molecule has 4 nitrogen and oxygen atoms in total. The summed E-state index contributed by atoms with van der Waals surface area (Å²) < 4.78 is 0. The number of para-hydroxylation sites is 2. The smallest absolute Gasteiger partial charge is 0.0495 e. The Kier molecular flexibility index (Phi) is 11.5. The normalized spacial score (nSPS) is 11.0. The minimum Gasteiger partial charge on any atom is -0.355 e. The first-order chi connectivity index (χ1) is 29.4. The Hall–Kier alpha value is -7.04. The zero-order chi connectivity index (χ0) is 42.8. The summed E-state index contributed by atoms with van der Waals surface area (Å²) in [5.74, 6) is 0. The molecule has 61 heavy (non-hydrogen) atoms. The van der Waals surface area contributed by atoms with E-state index in [2.05, 4.69) is 252 Å². The van der Waals surface area contributed by atoms with Crippen LogP contribution in [0.3, 0.4) is 0 Å². The van der Waals surface area contributed by atoms with Gasteiger partial charge in [-0.25, -0.2) is 0 Å². The molecule has 0 saturated carbocycles. The summed E-state index contributed by atoms with van der Waals surface area (Å²) in [6.07, 6.45) is 0. The Morgan fingerprint density at radius 3 is 1.03 bits per heavy atom. The maximum atomic E-state index is 3.72. The van der Waals surface area contributed by atoms with E-state index in [-0.39, 0.29) is 0 Å². The zero-order valence-electron chi connectivity index (χ0n) is 37.0. The zero-order valence-corrected chi connectivity index (χ0v) is 37.0. The van der Waals surface area contributed by atoms with E-state index < -0.39 is 0 Å². The second kappa shape index (κ2) is 17.3. The molecule has 1 N–H and O–H groups in total. The number of rotatable bonds is 11. The molecule has 0 bridgehead atoms. The quantitative estimate of drug-likeness (QED) is 0.141. The van der Waals surface area contributed by atoms with Gasteiger partial charge in [-0.05, 0) is 209 Å². The first-order valence-electron chi connectivity index (χ1n) is 21.3. The molecule has 8 rings (SSSR count). The SMILES string of the molecule is Cc1cccc(Nc2cc(C)c(N(c3cc(C)c(N(c4ccccc4)c4cccc(C)c4)cc3C)c3cc(C)c(N(c4ccccc4)c4cccc(C)c4)cc3C)cc2C)c1. The fourth-order valence-electron chi connectivity index (χ4n) is 8.52. The van der Waals surface area contributed by atoms with Gasteiger partial charge < -0.3 is 20.0 Å². The average molecular weight is 797 g/mol. The summed E-state index contributed by atoms with van der Waals surface area (Å²) in [4.78, 5) is 7.27. The summed E-state index contributed by atoms with van der Waals surface area (Å²) in [6.45, 7) is 19.9. The minimum absolute atomic E-state index is 1.09. The van der Waals surface area contributed by atoms with Crippen molar-refractivity contribution in [2.75, 3.05) is 20.0 Å². The van der Waals surface area contributed by atoms with Crippen molar-refractivity contribution in [2.24, 2.45) is 0 Å². The number of nitrogens with zero attached hydrogens (tertiary/aromatic N) is 3. The van der Waals surface area contributed by atoms with Crippen LogP contribution >= 0.6 is 0 Å². The Morgan fingerprint density at radius 1 is 0.279 bits per heavy atom. The maximum absolute atomic E-state index is 3.72. The third-order valence-electron chi connectivity index (χ3n) is 11.6. The Morgan fingerprint density at radius 2 is 0.623 bits per heavy atom. The summed E-state index contributed by atoms with van der Waals surface area (Å²) in [7, 11) is 0. The number of nitrogens with one attached hydrogen (secondary N) is 1. The average Bonchev–Trinajstić information content (AvgIpc) is 3.24. The molecule has 0 saturated heterocycles. The number of benzene rings is 8. The molecule has 0 aliphatic rings. The second-order valence-corrected chi connectivity index (χ2v) is 16.7. The standard InChI is InChI=1S/C57H56N4/c1-38-19-16-22-47(29-38)58-52-32-42(5)55(33-41(52)4)61(56-36-43(6)53(34-45(56)8)59(48-23-12-10-13-24-48)50-27-17-20-39(2)30-50)57-37-44(7)54(35-46(57)9)60(49-25-14-11-15-26-49)51-28-18-21-40(3)31-51/h10-37,58H,1-9H3. The third kappa shape index (κ3) is 8.53. The largest absolute Gasteiger partial charge is 0.355 e. The number of aryl methyl sites for hydroxylation is 9. The van der Waals surface area contributed by atoms with Crippen LogP contribution < -0.4 is 20.0 Å². The number of anilines is 11. The highest BCUT2D eigenvalue weighted by Crippen LogP contribution is 2.48. The predicted molar refractivity (Wildman–Crippen MR) is 263 cm³/mol. The van der Waals surface area contributed by atoms with Gasteiger partial charge in [0.1, 0.15) is 0 Å². The summed E-state index contributed by atoms with van der Waals surface area (Å²) in [6, 6.07) is 61.7. The van der Waals surface area contributed by atoms with Crippen LogP contribution in [0.2, 0.25) is 0 Å². The molecule has 0 radical (unpaired) electrons. The first-order valence-corrected chi connectivity index (χ1v) is 21.3. The van der Waals surface area contributed by atoms with Gasteiger partial charge in [0.2, 0.25) is 0 Å². The van der Waals surface area contributed by atoms with Crippen molar-refractivity contribution in [2.45, 2.75) is 62.3 Å². The van der Waals surface area contributed by atoms with Crippen molar-refractivity contribution in [3.05, 3.63) is 220 Å². The molecule has 0 aromatic heterocycles. The van der Waals surface area contributed by atoms with Crippen LogP contribution in [0.1, 0.15) is 50.1 Å². The summed E-state index contributed by atoms with van der Waals surface area (Å²) >= 11 is 0. The molecule has 0 amide bonds. The van der Waals surface area contributed by atoms with Crippen molar-refractivity contribution >= 4 is 62.6 Å². The fourth-order valence-corrected chi connectivity index (χ4v) is 8.52. The van der Waals surface area contributed by atoms with Crippen LogP contribution in [0.5, 0.6) is 0 Å². The molecule has 304 valence electrons. The van der Waals surface area contributed by atoms with Gasteiger partial charge in [-0.3, -0.25) is 0 Å². The molecule has 8 aromatic rings. The van der Waals surface area contributed by atoms with Crippen LogP contribution in [-0.2, 0) is 0 Å². The van der Waals surface area contributed by atoms with Crippen molar-refractivity contribution in [1.29, 1.82) is 0 Å². The summed E-state index contributed by atoms with van der Waals surface area (Å²) in [5.41, 5.74) is 23.2. The monoisotopic (exact) mass is 796 g/mol. The highest BCUT2D eigenvalue weighted by Gasteiger charge is 2.25. The molecule has 0 aliphatic heterocycles. The highest BCUT2D eigenvalue weighted by molar-refractivity contribution is 5.89. The molecule has 0 aliphatic carbocycles. The molecule has 0 spiro atoms. The molecule has 0 unspecified atom stereocenters. The highest BCUT2D eigenvalue weighted by atomic mass is 15.2. The van der Waals surface area contributed by atoms with Gasteiger partial charge in [0, 0.05) is 62.6 Å². The van der Waals surface area contributed by atoms with Crippen molar-refractivity contribution < 1.29 is 0 Å². The lowest BCUT2D eigenvalue weighted by atomic mass is 9.99. The van der Waals surface area contributed by atoms with Crippen LogP contribution in [0.15, 0.2) is 170 Å². The van der Waals surface area contributed by atoms with Gasteiger partial charge in [0.25, 0.3) is 0 Å². The lowest BCUT2D eigenvalue weighted by Gasteiger charge is -2.34. The van der Waals surface area contributed by atoms with Crippen molar-refractivity contribution in [1.82, 2.24) is 0 Å². The first kappa shape index (κ1) is 40.7. The molecular formula is C57H56N4. The van der Waals surface area contributed by atoms with E-state index in [1.165, 1.54) is 50.1 Å². The predicted octanol–water partition coefficient (Wildman–Crippen LogP) is 16.6. The van der Waals surface area contributed by atoms with E-state index in [9.17, 15) is 0 Å². The molecule has 0 atom stereocenters. The molecule has 0 heterocycles. The van der Waals surface area contributed by atoms with Crippen molar-refractivity contribution in [3.8, 4) is 0 Å². The second-order valence-electron chi connectivity index (χ2n) is 16.7. The lowest BCUT2D eigenvalue weighted by Crippen LogP contribution is -2.18. The van der Waals surface area contributed by atoms with Crippen molar-refractivity contribution in [3.63, 3.8) is 0 Å². The topological polar surface area (TPSA) is 21.8 Å². The van der Waals surface area contributed by atoms with E-state index >= 15 is 0 Å². The minimum atomic E-state index is 1.09. The van der Waals surface area contributed by atoms with Gasteiger partial charge in [0.05, 0.1) is 0 Å². The van der Waals surface area contributed by atoms with Crippen LogP contribution in [0.4, 0.5) is 62.6 Å². The van der Waals surface area contributed by atoms with Gasteiger partial charge in [-0.15, -0.1) is 0 Å². The van der Waals surface area contributed by atoms with E-state index in [0.717, 1.165) is 62.6 Å². The number of hydrogen-bond acceptors (Lipinski definition) is 4. The third-order valence-corrected chi connectivity index (χ3v) is 11.6. The van der Waals surface area contributed by atoms with E-state index in [1.807, 2.05) is 0 Å². The summed E-state index contributed by atoms with van der Waals surface area (Å²) in [5, 5.41) is 3.72. The Bertz CT molecular complexity index is 2700. The van der Waals surface area contributed by atoms with E-state index in [0.29, 0.717) is 0 Å². The number of hydrogen-bond donors (Lipinski definition) is 1. The molecule has 0 fully saturated rings. The van der Waals surface area contributed by atoms with Crippen LogP contribution in [0, 0.1) is 62.3 Å². The lowest BCUT2D eigenvalue weighted by molar-refractivity contribution is 1.16. The Balaban J connectivity index is 1.32. The van der Waals surface area contributed by atoms with Gasteiger partial charge in [-0.2, -0.15) is 0 Å². The molecule has 8 aromatic carbocycles. The fraction of sp³-hybridized carbons (Fsp3) is 0.158. The van der Waals surface area contributed by atoms with E-state index in [4.69, 9.17) is 0 Å². The van der Waals surface area contributed by atoms with Gasteiger partial charge in [-0.1, -0.05) is 72.8 Å². The van der Waals surface area contributed by atoms with Crippen LogP contribution in [0.25, 0.3) is 0 Å². The van der Waals surface area contributed by atoms with E-state index in [1.54, 1.807) is 0 Å².